The molecule has 1 aromatic carbocycles. The molecule has 3 N–H and O–H groups in total. The fraction of sp³-hybridized carbons (Fsp3) is 0.667. The maximum atomic E-state index is 6.31. The van der Waals surface area contributed by atoms with E-state index in [1.165, 1.54) is 44.1 Å². The second-order valence-corrected chi connectivity index (χ2v) is 7.56. The van der Waals surface area contributed by atoms with Gasteiger partial charge in [-0.05, 0) is 43.6 Å². The van der Waals surface area contributed by atoms with Crippen LogP contribution >= 0.6 is 24.0 Å². The first kappa shape index (κ1) is 21.5. The molecule has 1 aliphatic carbocycles. The molecule has 26 heavy (non-hydrogen) atoms. The van der Waals surface area contributed by atoms with Crippen LogP contribution in [0.2, 0.25) is 0 Å². The van der Waals surface area contributed by atoms with E-state index in [0.717, 1.165) is 32.5 Å². The van der Waals surface area contributed by atoms with Gasteiger partial charge in [-0.1, -0.05) is 56.0 Å². The van der Waals surface area contributed by atoms with Crippen molar-refractivity contribution < 1.29 is 4.74 Å². The van der Waals surface area contributed by atoms with Crippen LogP contribution in [0.4, 0.5) is 0 Å². The van der Waals surface area contributed by atoms with Gasteiger partial charge in [-0.25, -0.2) is 0 Å². The number of nitrogens with zero attached hydrogens (tertiary/aromatic N) is 1. The molecule has 0 spiro atoms. The van der Waals surface area contributed by atoms with Crippen LogP contribution < -0.4 is 11.1 Å². The summed E-state index contributed by atoms with van der Waals surface area (Å²) >= 11 is 0. The third-order valence-corrected chi connectivity index (χ3v) is 5.58. The van der Waals surface area contributed by atoms with Crippen LogP contribution in [0, 0.1) is 5.92 Å². The number of guanidine groups is 1. The zero-order chi connectivity index (χ0) is 17.3. The lowest BCUT2D eigenvalue weighted by molar-refractivity contribution is 0.0612. The van der Waals surface area contributed by atoms with Crippen molar-refractivity contribution in [2.45, 2.75) is 69.9 Å². The molecule has 0 radical (unpaired) electrons. The molecule has 2 fully saturated rings. The minimum atomic E-state index is 0. The monoisotopic (exact) mass is 471 g/mol. The third kappa shape index (κ3) is 7.06. The summed E-state index contributed by atoms with van der Waals surface area (Å²) in [4.78, 5) is 4.81. The van der Waals surface area contributed by atoms with Gasteiger partial charge >= 0.3 is 0 Å². The number of nitrogens with two attached hydrogens (primary N) is 1. The summed E-state index contributed by atoms with van der Waals surface area (Å²) in [6.07, 6.45) is 11.0. The highest BCUT2D eigenvalue weighted by Gasteiger charge is 2.21. The third-order valence-electron chi connectivity index (χ3n) is 5.58. The zero-order valence-corrected chi connectivity index (χ0v) is 18.1. The lowest BCUT2D eigenvalue weighted by atomic mass is 9.89. The zero-order valence-electron chi connectivity index (χ0n) is 15.7. The van der Waals surface area contributed by atoms with E-state index >= 15 is 0 Å². The van der Waals surface area contributed by atoms with Gasteiger partial charge in [-0.3, -0.25) is 4.99 Å². The standard InChI is InChI=1S/C21H33N3O.HI/c22-21(23-19-10-6-1-2-7-11-19)24-20(18-8-4-3-5-9-18)16-17-12-14-25-15-13-17;/h3-5,8-9,17,19-20H,1-2,6-7,10-16H2,(H3,22,23,24);1H. The van der Waals surface area contributed by atoms with Crippen molar-refractivity contribution in [2.24, 2.45) is 16.6 Å². The summed E-state index contributed by atoms with van der Waals surface area (Å²) in [5.41, 5.74) is 7.61. The molecule has 1 aliphatic heterocycles. The number of ether oxygens (including phenoxy) is 1. The summed E-state index contributed by atoms with van der Waals surface area (Å²) in [6, 6.07) is 11.3. The van der Waals surface area contributed by atoms with Crippen LogP contribution in [0.5, 0.6) is 0 Å². The first-order chi connectivity index (χ1) is 12.3. The molecule has 1 heterocycles. The summed E-state index contributed by atoms with van der Waals surface area (Å²) < 4.78 is 5.51. The van der Waals surface area contributed by atoms with Crippen molar-refractivity contribution in [3.05, 3.63) is 35.9 Å². The summed E-state index contributed by atoms with van der Waals surface area (Å²) in [6.45, 7) is 1.77. The van der Waals surface area contributed by atoms with Gasteiger partial charge < -0.3 is 15.8 Å². The number of halogens is 1. The maximum Gasteiger partial charge on any atom is 0.189 e. The van der Waals surface area contributed by atoms with Crippen molar-refractivity contribution in [1.82, 2.24) is 5.32 Å². The Morgan fingerprint density at radius 1 is 1.04 bits per heavy atom. The average molecular weight is 471 g/mol. The highest BCUT2D eigenvalue weighted by atomic mass is 127. The van der Waals surface area contributed by atoms with Gasteiger partial charge in [0.2, 0.25) is 0 Å². The van der Waals surface area contributed by atoms with Gasteiger partial charge in [-0.2, -0.15) is 0 Å². The van der Waals surface area contributed by atoms with E-state index in [9.17, 15) is 0 Å². The normalized spacial score (nSPS) is 21.5. The Morgan fingerprint density at radius 2 is 1.69 bits per heavy atom. The van der Waals surface area contributed by atoms with Crippen LogP contribution in [0.1, 0.15) is 69.4 Å². The van der Waals surface area contributed by atoms with E-state index in [1.807, 2.05) is 0 Å². The summed E-state index contributed by atoms with van der Waals surface area (Å²) in [5.74, 6) is 1.31. The van der Waals surface area contributed by atoms with E-state index in [0.29, 0.717) is 17.9 Å². The van der Waals surface area contributed by atoms with Gasteiger partial charge in [-0.15, -0.1) is 24.0 Å². The number of nitrogens with one attached hydrogen (secondary N) is 1. The topological polar surface area (TPSA) is 59.6 Å². The molecule has 1 saturated carbocycles. The predicted octanol–water partition coefficient (Wildman–Crippen LogP) is 4.79. The number of hydrogen-bond acceptors (Lipinski definition) is 2. The fourth-order valence-electron chi connectivity index (χ4n) is 4.08. The minimum Gasteiger partial charge on any atom is -0.381 e. The van der Waals surface area contributed by atoms with Gasteiger partial charge in [0.1, 0.15) is 0 Å². The van der Waals surface area contributed by atoms with Crippen LogP contribution in [0.25, 0.3) is 0 Å². The molecule has 5 heteroatoms. The van der Waals surface area contributed by atoms with Crippen LogP contribution in [-0.2, 0) is 4.74 Å². The number of hydrogen-bond donors (Lipinski definition) is 2. The number of rotatable bonds is 5. The Balaban J connectivity index is 0.00000243. The van der Waals surface area contributed by atoms with Gasteiger partial charge in [0.05, 0.1) is 12.1 Å². The van der Waals surface area contributed by atoms with Crippen molar-refractivity contribution in [3.8, 4) is 0 Å². The Morgan fingerprint density at radius 3 is 2.35 bits per heavy atom. The van der Waals surface area contributed by atoms with Crippen molar-refractivity contribution in [3.63, 3.8) is 0 Å². The molecule has 1 unspecified atom stereocenters. The van der Waals surface area contributed by atoms with Gasteiger partial charge in [0, 0.05) is 13.2 Å². The molecular weight excluding hydrogens is 437 g/mol. The molecule has 2 aliphatic rings. The lowest BCUT2D eigenvalue weighted by Crippen LogP contribution is -2.37. The van der Waals surface area contributed by atoms with Crippen LogP contribution in [0.15, 0.2) is 35.3 Å². The minimum absolute atomic E-state index is 0. The molecule has 146 valence electrons. The molecule has 4 nitrogen and oxygen atoms in total. The molecule has 1 atom stereocenters. The molecule has 0 aromatic heterocycles. The van der Waals surface area contributed by atoms with Gasteiger partial charge in [0.15, 0.2) is 5.96 Å². The Labute approximate surface area is 175 Å². The number of benzene rings is 1. The summed E-state index contributed by atoms with van der Waals surface area (Å²) in [7, 11) is 0. The Kier molecular flexibility index (Phi) is 9.75. The van der Waals surface area contributed by atoms with E-state index < -0.39 is 0 Å². The smallest absolute Gasteiger partial charge is 0.189 e. The molecule has 3 rings (SSSR count). The summed E-state index contributed by atoms with van der Waals surface area (Å²) in [5, 5.41) is 3.54. The predicted molar refractivity (Wildman–Crippen MR) is 119 cm³/mol. The Hall–Kier alpha value is -0.820. The average Bonchev–Trinajstić information content (AvgIpc) is 2.91. The second kappa shape index (κ2) is 11.8. The fourth-order valence-corrected chi connectivity index (χ4v) is 4.08. The van der Waals surface area contributed by atoms with Crippen LogP contribution in [0.3, 0.4) is 0 Å². The molecule has 1 saturated heterocycles. The first-order valence-electron chi connectivity index (χ1n) is 10.0. The van der Waals surface area contributed by atoms with Crippen LogP contribution in [-0.4, -0.2) is 25.2 Å². The van der Waals surface area contributed by atoms with Crippen molar-refractivity contribution >= 4 is 29.9 Å². The maximum absolute atomic E-state index is 6.31. The largest absolute Gasteiger partial charge is 0.381 e. The van der Waals surface area contributed by atoms with E-state index in [2.05, 4.69) is 35.6 Å². The number of aliphatic imine (C=N–C) groups is 1. The van der Waals surface area contributed by atoms with Gasteiger partial charge in [0.25, 0.3) is 0 Å². The van der Waals surface area contributed by atoms with Crippen molar-refractivity contribution in [1.29, 1.82) is 0 Å². The second-order valence-electron chi connectivity index (χ2n) is 7.56. The lowest BCUT2D eigenvalue weighted by Gasteiger charge is -2.28. The Bertz CT molecular complexity index is 523. The van der Waals surface area contributed by atoms with E-state index in [1.54, 1.807) is 0 Å². The highest BCUT2D eigenvalue weighted by Crippen LogP contribution is 2.27. The first-order valence-corrected chi connectivity index (χ1v) is 10.0. The molecule has 0 bridgehead atoms. The quantitative estimate of drug-likeness (QED) is 0.281. The molecule has 0 amide bonds. The van der Waals surface area contributed by atoms with E-state index in [-0.39, 0.29) is 30.0 Å². The van der Waals surface area contributed by atoms with Crippen molar-refractivity contribution in [2.75, 3.05) is 13.2 Å². The highest BCUT2D eigenvalue weighted by molar-refractivity contribution is 14.0. The van der Waals surface area contributed by atoms with E-state index in [4.69, 9.17) is 15.5 Å². The molecule has 1 aromatic rings. The SMILES string of the molecule is I.NC(=NC1CCCCCC1)NC(CC1CCOCC1)c1ccccc1. The molecular formula is C21H34IN3O.